The van der Waals surface area contributed by atoms with Crippen molar-refractivity contribution in [1.29, 1.82) is 0 Å². The van der Waals surface area contributed by atoms with E-state index in [1.807, 2.05) is 0 Å². The van der Waals surface area contributed by atoms with Crippen molar-refractivity contribution in [2.24, 2.45) is 0 Å². The molecule has 1 aliphatic heterocycles. The molecule has 8 heteroatoms. The van der Waals surface area contributed by atoms with Crippen molar-refractivity contribution in [3.8, 4) is 5.75 Å². The number of methoxy groups -OCH3 is 1. The van der Waals surface area contributed by atoms with Gasteiger partial charge in [0.15, 0.2) is 0 Å². The molecule has 0 spiro atoms. The summed E-state index contributed by atoms with van der Waals surface area (Å²) in [5.41, 5.74) is 0.841. The first-order valence-electron chi connectivity index (χ1n) is 9.58. The smallest absolute Gasteiger partial charge is 0.259 e. The number of benzene rings is 2. The minimum absolute atomic E-state index is 0.0232. The van der Waals surface area contributed by atoms with Crippen molar-refractivity contribution >= 4 is 21.6 Å². The van der Waals surface area contributed by atoms with Crippen molar-refractivity contribution in [1.82, 2.24) is 4.31 Å². The van der Waals surface area contributed by atoms with E-state index in [9.17, 15) is 17.6 Å². The normalized spacial score (nSPS) is 15.6. The molecular formula is C21H25FN2O4S. The van der Waals surface area contributed by atoms with E-state index in [2.05, 4.69) is 5.32 Å². The lowest BCUT2D eigenvalue weighted by Gasteiger charge is -2.20. The zero-order chi connectivity index (χ0) is 21.0. The van der Waals surface area contributed by atoms with Crippen LogP contribution in [0.5, 0.6) is 5.75 Å². The minimum Gasteiger partial charge on any atom is -0.496 e. The fraction of sp³-hybridized carbons (Fsp3) is 0.381. The van der Waals surface area contributed by atoms with Gasteiger partial charge >= 0.3 is 0 Å². The number of hydrogen-bond donors (Lipinski definition) is 1. The van der Waals surface area contributed by atoms with Crippen molar-refractivity contribution in [3.63, 3.8) is 0 Å². The third-order valence-corrected chi connectivity index (χ3v) is 6.88. The molecular weight excluding hydrogens is 395 g/mol. The number of anilines is 1. The van der Waals surface area contributed by atoms with Crippen molar-refractivity contribution in [2.75, 3.05) is 25.5 Å². The molecule has 2 aromatic carbocycles. The first kappa shape index (κ1) is 21.3. The lowest BCUT2D eigenvalue weighted by Crippen LogP contribution is -2.32. The molecule has 0 atom stereocenters. The van der Waals surface area contributed by atoms with Crippen molar-refractivity contribution < 1.29 is 22.3 Å². The number of carbonyl (C=O) groups excluding carboxylic acids is 1. The third-order valence-electron chi connectivity index (χ3n) is 4.99. The maximum Gasteiger partial charge on any atom is 0.259 e. The lowest BCUT2D eigenvalue weighted by atomic mass is 10.1. The van der Waals surface area contributed by atoms with Crippen LogP contribution in [-0.4, -0.2) is 38.8 Å². The number of nitrogens with one attached hydrogen (secondary N) is 1. The lowest BCUT2D eigenvalue weighted by molar-refractivity contribution is 0.102. The summed E-state index contributed by atoms with van der Waals surface area (Å²) in [6.45, 7) is 2.71. The molecule has 1 saturated heterocycles. The molecule has 0 unspecified atom stereocenters. The van der Waals surface area contributed by atoms with E-state index < -0.39 is 21.7 Å². The molecule has 6 nitrogen and oxygen atoms in total. The molecule has 0 bridgehead atoms. The fourth-order valence-corrected chi connectivity index (χ4v) is 4.92. The summed E-state index contributed by atoms with van der Waals surface area (Å²) >= 11 is 0. The second-order valence-electron chi connectivity index (χ2n) is 7.12. The van der Waals surface area contributed by atoms with Crippen LogP contribution < -0.4 is 10.1 Å². The van der Waals surface area contributed by atoms with E-state index in [1.165, 1.54) is 41.7 Å². The maximum absolute atomic E-state index is 14.0. The zero-order valence-electron chi connectivity index (χ0n) is 16.6. The second kappa shape index (κ2) is 8.92. The van der Waals surface area contributed by atoms with Gasteiger partial charge in [0.25, 0.3) is 5.91 Å². The van der Waals surface area contributed by atoms with Crippen LogP contribution in [0.25, 0.3) is 0 Å². The molecule has 1 heterocycles. The molecule has 0 aromatic heterocycles. The first-order valence-corrected chi connectivity index (χ1v) is 11.0. The highest BCUT2D eigenvalue weighted by atomic mass is 32.2. The summed E-state index contributed by atoms with van der Waals surface area (Å²) in [6, 6.07) is 8.55. The molecule has 156 valence electrons. The number of amides is 1. The van der Waals surface area contributed by atoms with E-state index in [-0.39, 0.29) is 21.9 Å². The highest BCUT2D eigenvalue weighted by Crippen LogP contribution is 2.27. The van der Waals surface area contributed by atoms with Gasteiger partial charge in [-0.05, 0) is 55.7 Å². The van der Waals surface area contributed by atoms with Gasteiger partial charge in [-0.25, -0.2) is 12.8 Å². The summed E-state index contributed by atoms with van der Waals surface area (Å²) < 4.78 is 46.8. The van der Waals surface area contributed by atoms with E-state index in [0.717, 1.165) is 31.2 Å². The van der Waals surface area contributed by atoms with E-state index in [1.54, 1.807) is 13.0 Å². The van der Waals surface area contributed by atoms with Crippen LogP contribution in [0.4, 0.5) is 10.1 Å². The van der Waals surface area contributed by atoms with Gasteiger partial charge in [-0.2, -0.15) is 4.31 Å². The van der Waals surface area contributed by atoms with Crippen LogP contribution in [0, 0.1) is 12.7 Å². The molecule has 1 amide bonds. The van der Waals surface area contributed by atoms with Gasteiger partial charge in [-0.1, -0.05) is 18.9 Å². The van der Waals surface area contributed by atoms with Gasteiger partial charge < -0.3 is 10.1 Å². The van der Waals surface area contributed by atoms with E-state index >= 15 is 0 Å². The topological polar surface area (TPSA) is 75.7 Å². The van der Waals surface area contributed by atoms with Crippen LogP contribution in [0.1, 0.15) is 41.6 Å². The van der Waals surface area contributed by atoms with E-state index in [4.69, 9.17) is 4.74 Å². The molecule has 1 aliphatic rings. The Morgan fingerprint density at radius 3 is 2.41 bits per heavy atom. The van der Waals surface area contributed by atoms with Gasteiger partial charge in [0.1, 0.15) is 11.6 Å². The average molecular weight is 421 g/mol. The standard InChI is InChI=1S/C21H25FN2O4S/c1-15-7-9-18(22)19(13-15)23-21(25)17-14-16(8-10-20(17)28-2)29(26,27)24-11-5-3-4-6-12-24/h7-10,13-14H,3-6,11-12H2,1-2H3,(H,23,25). The summed E-state index contributed by atoms with van der Waals surface area (Å²) in [6.07, 6.45) is 3.64. The first-order chi connectivity index (χ1) is 13.8. The Morgan fingerprint density at radius 2 is 1.76 bits per heavy atom. The molecule has 1 fully saturated rings. The second-order valence-corrected chi connectivity index (χ2v) is 9.06. The molecule has 2 aromatic rings. The third kappa shape index (κ3) is 4.76. The highest BCUT2D eigenvalue weighted by Gasteiger charge is 2.27. The van der Waals surface area contributed by atoms with Crippen molar-refractivity contribution in [3.05, 3.63) is 53.3 Å². The van der Waals surface area contributed by atoms with Crippen molar-refractivity contribution in [2.45, 2.75) is 37.5 Å². The van der Waals surface area contributed by atoms with Crippen LogP contribution in [-0.2, 0) is 10.0 Å². The van der Waals surface area contributed by atoms with Crippen LogP contribution in [0.3, 0.4) is 0 Å². The molecule has 29 heavy (non-hydrogen) atoms. The summed E-state index contributed by atoms with van der Waals surface area (Å²) in [5.74, 6) is -0.999. The molecule has 0 aliphatic carbocycles. The number of halogens is 1. The maximum atomic E-state index is 14.0. The summed E-state index contributed by atoms with van der Waals surface area (Å²) in [5, 5.41) is 2.51. The molecule has 0 radical (unpaired) electrons. The monoisotopic (exact) mass is 420 g/mol. The van der Waals surface area contributed by atoms with Gasteiger partial charge in [-0.15, -0.1) is 0 Å². The Bertz CT molecular complexity index is 1000. The Hall–Kier alpha value is -2.45. The minimum atomic E-state index is -3.73. The van der Waals surface area contributed by atoms with E-state index in [0.29, 0.717) is 13.1 Å². The number of ether oxygens (including phenoxy) is 1. The number of carbonyl (C=O) groups is 1. The zero-order valence-corrected chi connectivity index (χ0v) is 17.4. The molecule has 3 rings (SSSR count). The largest absolute Gasteiger partial charge is 0.496 e. The number of aryl methyl sites for hydroxylation is 1. The van der Waals surface area contributed by atoms with Gasteiger partial charge in [0.2, 0.25) is 10.0 Å². The predicted molar refractivity (Wildman–Crippen MR) is 109 cm³/mol. The van der Waals surface area contributed by atoms with Crippen LogP contribution >= 0.6 is 0 Å². The van der Waals surface area contributed by atoms with Crippen LogP contribution in [0.15, 0.2) is 41.3 Å². The Kier molecular flexibility index (Phi) is 6.54. The number of hydrogen-bond acceptors (Lipinski definition) is 4. The van der Waals surface area contributed by atoms with Gasteiger partial charge in [0, 0.05) is 13.1 Å². The van der Waals surface area contributed by atoms with Crippen LogP contribution in [0.2, 0.25) is 0 Å². The predicted octanol–water partition coefficient (Wildman–Crippen LogP) is 3.96. The van der Waals surface area contributed by atoms with Gasteiger partial charge in [0.05, 0.1) is 23.3 Å². The number of rotatable bonds is 5. The fourth-order valence-electron chi connectivity index (χ4n) is 3.38. The highest BCUT2D eigenvalue weighted by molar-refractivity contribution is 7.89. The number of nitrogens with zero attached hydrogens (tertiary/aromatic N) is 1. The summed E-state index contributed by atoms with van der Waals surface area (Å²) in [7, 11) is -2.34. The quantitative estimate of drug-likeness (QED) is 0.794. The SMILES string of the molecule is COc1ccc(S(=O)(=O)N2CCCCCC2)cc1C(=O)Nc1cc(C)ccc1F. The Morgan fingerprint density at radius 1 is 1.07 bits per heavy atom. The van der Waals surface area contributed by atoms with Gasteiger partial charge in [-0.3, -0.25) is 4.79 Å². The Labute approximate surface area is 170 Å². The Balaban J connectivity index is 1.94. The molecule has 1 N–H and O–H groups in total. The molecule has 0 saturated carbocycles. The summed E-state index contributed by atoms with van der Waals surface area (Å²) in [4.78, 5) is 12.8. The number of sulfonamides is 1. The average Bonchev–Trinajstić information content (AvgIpc) is 3.00.